The molecule has 1 N–H and O–H groups in total. The fourth-order valence-electron chi connectivity index (χ4n) is 1.79. The van der Waals surface area contributed by atoms with Crippen molar-refractivity contribution in [3.8, 4) is 0 Å². The maximum Gasteiger partial charge on any atom is 0.269 e. The third kappa shape index (κ3) is 3.59. The second-order valence-electron chi connectivity index (χ2n) is 4.34. The van der Waals surface area contributed by atoms with E-state index in [1.807, 2.05) is 0 Å². The zero-order valence-electron chi connectivity index (χ0n) is 10.9. The Bertz CT molecular complexity index is 734. The molecule has 0 bridgehead atoms. The Morgan fingerprint density at radius 1 is 1.29 bits per heavy atom. The quantitative estimate of drug-likeness (QED) is 0.636. The molecule has 0 spiro atoms. The van der Waals surface area contributed by atoms with E-state index in [4.69, 9.17) is 11.6 Å². The van der Waals surface area contributed by atoms with Crippen LogP contribution in [0.15, 0.2) is 40.9 Å². The van der Waals surface area contributed by atoms with Crippen molar-refractivity contribution in [2.45, 2.75) is 6.92 Å². The number of rotatable bonds is 3. The molecule has 0 aromatic heterocycles. The first-order valence-corrected chi connectivity index (χ1v) is 7.07. The van der Waals surface area contributed by atoms with Crippen molar-refractivity contribution < 1.29 is 9.72 Å². The third-order valence-electron chi connectivity index (χ3n) is 2.84. The van der Waals surface area contributed by atoms with Gasteiger partial charge in [0, 0.05) is 27.9 Å². The number of non-ortho nitro benzene ring substituents is 1. The summed E-state index contributed by atoms with van der Waals surface area (Å²) in [6.07, 6.45) is 0. The van der Waals surface area contributed by atoms with E-state index in [9.17, 15) is 14.9 Å². The number of carbonyl (C=O) groups excluding carboxylic acids is 1. The van der Waals surface area contributed by atoms with Crippen LogP contribution in [0.4, 0.5) is 11.4 Å². The molecule has 0 heterocycles. The minimum atomic E-state index is -0.497. The highest BCUT2D eigenvalue weighted by Crippen LogP contribution is 2.26. The largest absolute Gasteiger partial charge is 0.322 e. The zero-order valence-corrected chi connectivity index (χ0v) is 13.2. The molecule has 1 amide bonds. The molecule has 2 rings (SSSR count). The lowest BCUT2D eigenvalue weighted by Crippen LogP contribution is -2.13. The molecule has 5 nitrogen and oxygen atoms in total. The van der Waals surface area contributed by atoms with E-state index in [-0.39, 0.29) is 11.6 Å². The summed E-state index contributed by atoms with van der Waals surface area (Å²) in [6.45, 7) is 1.65. The predicted octanol–water partition coefficient (Wildman–Crippen LogP) is 4.57. The smallest absolute Gasteiger partial charge is 0.269 e. The third-order valence-corrected chi connectivity index (χ3v) is 4.08. The predicted molar refractivity (Wildman–Crippen MR) is 84.9 cm³/mol. The number of hydrogen-bond donors (Lipinski definition) is 1. The lowest BCUT2D eigenvalue weighted by molar-refractivity contribution is -0.384. The molecule has 0 unspecified atom stereocenters. The summed E-state index contributed by atoms with van der Waals surface area (Å²) in [4.78, 5) is 22.4. The van der Waals surface area contributed by atoms with Crippen LogP contribution in [0.3, 0.4) is 0 Å². The van der Waals surface area contributed by atoms with E-state index in [0.717, 1.165) is 4.47 Å². The van der Waals surface area contributed by atoms with Gasteiger partial charge in [-0.2, -0.15) is 0 Å². The highest BCUT2D eigenvalue weighted by Gasteiger charge is 2.14. The lowest BCUT2D eigenvalue weighted by atomic mass is 10.1. The van der Waals surface area contributed by atoms with Crippen molar-refractivity contribution in [1.82, 2.24) is 0 Å². The van der Waals surface area contributed by atoms with Gasteiger partial charge in [-0.15, -0.1) is 0 Å². The Kier molecular flexibility index (Phi) is 4.59. The number of nitro benzene ring substituents is 1. The first kappa shape index (κ1) is 15.5. The number of halogens is 2. The topological polar surface area (TPSA) is 72.2 Å². The summed E-state index contributed by atoms with van der Waals surface area (Å²) in [7, 11) is 0. The second kappa shape index (κ2) is 6.24. The number of nitro groups is 1. The number of carbonyl (C=O) groups is 1. The van der Waals surface area contributed by atoms with Crippen molar-refractivity contribution in [3.63, 3.8) is 0 Å². The average Bonchev–Trinajstić information content (AvgIpc) is 2.42. The van der Waals surface area contributed by atoms with Gasteiger partial charge >= 0.3 is 0 Å². The standard InChI is InChI=1S/C14H10BrClN2O3/c1-8-6-10(18(20)21)3-4-11(8)14(19)17-9-2-5-12(15)13(16)7-9/h2-7H,1H3,(H,17,19). The summed E-state index contributed by atoms with van der Waals surface area (Å²) >= 11 is 9.22. The van der Waals surface area contributed by atoms with Crippen LogP contribution in [0.25, 0.3) is 0 Å². The van der Waals surface area contributed by atoms with Gasteiger partial charge in [0.1, 0.15) is 0 Å². The molecular weight excluding hydrogens is 360 g/mol. The zero-order chi connectivity index (χ0) is 15.6. The Morgan fingerprint density at radius 2 is 2.00 bits per heavy atom. The van der Waals surface area contributed by atoms with Gasteiger partial charge in [-0.25, -0.2) is 0 Å². The van der Waals surface area contributed by atoms with Crippen molar-refractivity contribution in [2.24, 2.45) is 0 Å². The fourth-order valence-corrected chi connectivity index (χ4v) is 2.22. The molecule has 0 saturated heterocycles. The Morgan fingerprint density at radius 3 is 2.57 bits per heavy atom. The van der Waals surface area contributed by atoms with E-state index in [1.54, 1.807) is 25.1 Å². The van der Waals surface area contributed by atoms with Crippen LogP contribution < -0.4 is 5.32 Å². The van der Waals surface area contributed by atoms with Gasteiger partial charge in [0.15, 0.2) is 0 Å². The molecule has 0 saturated carbocycles. The molecule has 2 aromatic carbocycles. The summed E-state index contributed by atoms with van der Waals surface area (Å²) in [5, 5.41) is 13.9. The van der Waals surface area contributed by atoms with Gasteiger partial charge in [-0.3, -0.25) is 14.9 Å². The number of hydrogen-bond acceptors (Lipinski definition) is 3. The molecule has 0 fully saturated rings. The number of amides is 1. The minimum absolute atomic E-state index is 0.0456. The van der Waals surface area contributed by atoms with E-state index in [0.29, 0.717) is 21.8 Å². The Labute approximate surface area is 134 Å². The first-order valence-electron chi connectivity index (χ1n) is 5.90. The summed E-state index contributed by atoms with van der Waals surface area (Å²) in [5.74, 6) is -0.346. The number of anilines is 1. The number of aryl methyl sites for hydroxylation is 1. The van der Waals surface area contributed by atoms with Crippen LogP contribution in [0, 0.1) is 17.0 Å². The van der Waals surface area contributed by atoms with Crippen LogP contribution in [0.2, 0.25) is 5.02 Å². The highest BCUT2D eigenvalue weighted by molar-refractivity contribution is 9.10. The Balaban J connectivity index is 2.24. The van der Waals surface area contributed by atoms with Crippen molar-refractivity contribution in [2.75, 3.05) is 5.32 Å². The molecule has 2 aromatic rings. The van der Waals surface area contributed by atoms with Crippen molar-refractivity contribution >= 4 is 44.8 Å². The van der Waals surface area contributed by atoms with Crippen molar-refractivity contribution in [1.29, 1.82) is 0 Å². The Hall–Kier alpha value is -1.92. The van der Waals surface area contributed by atoms with E-state index >= 15 is 0 Å². The number of benzene rings is 2. The SMILES string of the molecule is Cc1cc([N+](=O)[O-])ccc1C(=O)Nc1ccc(Br)c(Cl)c1. The monoisotopic (exact) mass is 368 g/mol. The molecule has 21 heavy (non-hydrogen) atoms. The van der Waals surface area contributed by atoms with Gasteiger partial charge in [0.25, 0.3) is 11.6 Å². The maximum absolute atomic E-state index is 12.2. The lowest BCUT2D eigenvalue weighted by Gasteiger charge is -2.08. The van der Waals surface area contributed by atoms with E-state index < -0.39 is 4.92 Å². The van der Waals surface area contributed by atoms with Gasteiger partial charge in [0.05, 0.1) is 9.95 Å². The molecule has 0 aliphatic carbocycles. The van der Waals surface area contributed by atoms with Crippen LogP contribution in [-0.4, -0.2) is 10.8 Å². The van der Waals surface area contributed by atoms with Crippen molar-refractivity contribution in [3.05, 3.63) is 67.1 Å². The molecule has 0 atom stereocenters. The van der Waals surface area contributed by atoms with E-state index in [2.05, 4.69) is 21.2 Å². The van der Waals surface area contributed by atoms with E-state index in [1.165, 1.54) is 18.2 Å². The molecule has 0 aliphatic heterocycles. The van der Waals surface area contributed by atoms with Crippen LogP contribution >= 0.6 is 27.5 Å². The second-order valence-corrected chi connectivity index (χ2v) is 5.60. The molecular formula is C14H10BrClN2O3. The number of nitrogens with zero attached hydrogens (tertiary/aromatic N) is 1. The maximum atomic E-state index is 12.2. The first-order chi connectivity index (χ1) is 9.88. The summed E-state index contributed by atoms with van der Waals surface area (Å²) in [5.41, 5.74) is 1.41. The van der Waals surface area contributed by atoms with Crippen LogP contribution in [0.1, 0.15) is 15.9 Å². The van der Waals surface area contributed by atoms with Gasteiger partial charge in [-0.05, 0) is 52.7 Å². The number of nitrogens with one attached hydrogen (secondary N) is 1. The summed E-state index contributed by atoms with van der Waals surface area (Å²) in [6, 6.07) is 9.14. The van der Waals surface area contributed by atoms with Crippen LogP contribution in [0.5, 0.6) is 0 Å². The molecule has 0 aliphatic rings. The van der Waals surface area contributed by atoms with Gasteiger partial charge in [0.2, 0.25) is 0 Å². The van der Waals surface area contributed by atoms with Crippen LogP contribution in [-0.2, 0) is 0 Å². The normalized spacial score (nSPS) is 10.2. The summed E-state index contributed by atoms with van der Waals surface area (Å²) < 4.78 is 0.730. The molecule has 108 valence electrons. The minimum Gasteiger partial charge on any atom is -0.322 e. The highest BCUT2D eigenvalue weighted by atomic mass is 79.9. The fraction of sp³-hybridized carbons (Fsp3) is 0.0714. The molecule has 7 heteroatoms. The van der Waals surface area contributed by atoms with Gasteiger partial charge in [-0.1, -0.05) is 11.6 Å². The average molecular weight is 370 g/mol. The van der Waals surface area contributed by atoms with Gasteiger partial charge < -0.3 is 5.32 Å². The molecule has 0 radical (unpaired) electrons.